The Bertz CT molecular complexity index is 903. The van der Waals surface area contributed by atoms with E-state index in [1.165, 1.54) is 31.1 Å². The lowest BCUT2D eigenvalue weighted by Gasteiger charge is -2.22. The van der Waals surface area contributed by atoms with Gasteiger partial charge in [0.1, 0.15) is 0 Å². The minimum atomic E-state index is -0.188. The molecule has 1 saturated carbocycles. The fraction of sp³-hybridized carbons (Fsp3) is 0.375. The summed E-state index contributed by atoms with van der Waals surface area (Å²) in [5.41, 5.74) is 2.80. The number of carbonyl (C=O) groups is 3. The molecule has 1 fully saturated rings. The van der Waals surface area contributed by atoms with Crippen molar-refractivity contribution in [3.63, 3.8) is 0 Å². The van der Waals surface area contributed by atoms with Gasteiger partial charge in [-0.1, -0.05) is 19.3 Å². The van der Waals surface area contributed by atoms with Gasteiger partial charge < -0.3 is 20.9 Å². The van der Waals surface area contributed by atoms with Crippen LogP contribution in [0, 0.1) is 0 Å². The second kappa shape index (κ2) is 10.6. The maximum Gasteiger partial charge on any atom is 0.251 e. The normalized spacial score (nSPS) is 13.9. The summed E-state index contributed by atoms with van der Waals surface area (Å²) in [6.45, 7) is 1.60. The van der Waals surface area contributed by atoms with Crippen LogP contribution in [0.25, 0.3) is 0 Å². The number of nitrogens with zero attached hydrogens (tertiary/aromatic N) is 1. The highest BCUT2D eigenvalue weighted by molar-refractivity contribution is 5.96. The first-order valence-electron chi connectivity index (χ1n) is 10.7. The molecule has 2 aromatic carbocycles. The summed E-state index contributed by atoms with van der Waals surface area (Å²) in [4.78, 5) is 37.5. The zero-order chi connectivity index (χ0) is 22.2. The lowest BCUT2D eigenvalue weighted by Crippen LogP contribution is -2.36. The summed E-state index contributed by atoms with van der Waals surface area (Å²) in [6.07, 6.45) is 5.71. The van der Waals surface area contributed by atoms with Gasteiger partial charge in [-0.05, 0) is 61.4 Å². The number of hydrogen-bond acceptors (Lipinski definition) is 4. The van der Waals surface area contributed by atoms with Crippen molar-refractivity contribution < 1.29 is 14.4 Å². The van der Waals surface area contributed by atoms with Crippen LogP contribution in [-0.4, -0.2) is 37.4 Å². The summed E-state index contributed by atoms with van der Waals surface area (Å²) in [6, 6.07) is 14.5. The number of hydrogen-bond donors (Lipinski definition) is 3. The standard InChI is InChI=1S/C24H30N4O3/c1-17(29)28(2)22-14-12-21(13-15-22)26-23(30)16-25-19-10-8-18(9-11-19)24(31)27-20-6-4-3-5-7-20/h8-15,20,25H,3-7,16H2,1-2H3,(H,26,30)(H,27,31). The van der Waals surface area contributed by atoms with Gasteiger partial charge >= 0.3 is 0 Å². The number of nitrogens with one attached hydrogen (secondary N) is 3. The van der Waals surface area contributed by atoms with Gasteiger partial charge in [0.15, 0.2) is 0 Å². The van der Waals surface area contributed by atoms with Crippen molar-refractivity contribution in [2.75, 3.05) is 29.1 Å². The molecule has 3 amide bonds. The Morgan fingerprint density at radius 2 is 1.52 bits per heavy atom. The summed E-state index contributed by atoms with van der Waals surface area (Å²) >= 11 is 0. The number of anilines is 3. The van der Waals surface area contributed by atoms with Crippen LogP contribution in [0.15, 0.2) is 48.5 Å². The van der Waals surface area contributed by atoms with Crippen LogP contribution in [0.4, 0.5) is 17.1 Å². The molecule has 0 spiro atoms. The van der Waals surface area contributed by atoms with Crippen LogP contribution in [0.3, 0.4) is 0 Å². The average Bonchev–Trinajstić information content (AvgIpc) is 2.78. The zero-order valence-corrected chi connectivity index (χ0v) is 18.1. The smallest absolute Gasteiger partial charge is 0.251 e. The van der Waals surface area contributed by atoms with E-state index in [1.807, 2.05) is 0 Å². The van der Waals surface area contributed by atoms with E-state index < -0.39 is 0 Å². The maximum absolute atomic E-state index is 12.4. The molecule has 1 aliphatic rings. The molecule has 1 aliphatic carbocycles. The third-order valence-electron chi connectivity index (χ3n) is 5.55. The summed E-state index contributed by atoms with van der Waals surface area (Å²) < 4.78 is 0. The van der Waals surface area contributed by atoms with Crippen LogP contribution < -0.4 is 20.9 Å². The molecule has 7 nitrogen and oxygen atoms in total. The highest BCUT2D eigenvalue weighted by Crippen LogP contribution is 2.19. The first-order valence-corrected chi connectivity index (χ1v) is 10.7. The van der Waals surface area contributed by atoms with Gasteiger partial charge in [-0.25, -0.2) is 0 Å². The van der Waals surface area contributed by atoms with E-state index in [0.717, 1.165) is 24.2 Å². The van der Waals surface area contributed by atoms with E-state index in [4.69, 9.17) is 0 Å². The van der Waals surface area contributed by atoms with E-state index in [2.05, 4.69) is 16.0 Å². The number of rotatable bonds is 7. The molecule has 3 rings (SSSR count). The molecule has 0 atom stereocenters. The second-order valence-corrected chi connectivity index (χ2v) is 7.91. The van der Waals surface area contributed by atoms with E-state index >= 15 is 0 Å². The third kappa shape index (κ3) is 6.57. The molecule has 2 aromatic rings. The van der Waals surface area contributed by atoms with Crippen LogP contribution in [0.2, 0.25) is 0 Å². The topological polar surface area (TPSA) is 90.5 Å². The largest absolute Gasteiger partial charge is 0.376 e. The molecule has 0 bridgehead atoms. The Kier molecular flexibility index (Phi) is 7.65. The predicted molar refractivity (Wildman–Crippen MR) is 123 cm³/mol. The van der Waals surface area contributed by atoms with Gasteiger partial charge in [-0.15, -0.1) is 0 Å². The maximum atomic E-state index is 12.4. The van der Waals surface area contributed by atoms with E-state index in [0.29, 0.717) is 11.3 Å². The van der Waals surface area contributed by atoms with Gasteiger partial charge in [0, 0.05) is 42.6 Å². The van der Waals surface area contributed by atoms with Gasteiger partial charge in [-0.2, -0.15) is 0 Å². The highest BCUT2D eigenvalue weighted by Gasteiger charge is 2.16. The first-order chi connectivity index (χ1) is 14.9. The van der Waals surface area contributed by atoms with Crippen LogP contribution in [0.1, 0.15) is 49.4 Å². The molecular formula is C24H30N4O3. The van der Waals surface area contributed by atoms with Crippen molar-refractivity contribution in [2.24, 2.45) is 0 Å². The quantitative estimate of drug-likeness (QED) is 0.633. The molecule has 0 heterocycles. The lowest BCUT2D eigenvalue weighted by atomic mass is 9.95. The van der Waals surface area contributed by atoms with Crippen LogP contribution in [0.5, 0.6) is 0 Å². The van der Waals surface area contributed by atoms with Crippen LogP contribution >= 0.6 is 0 Å². The molecule has 0 aliphatic heterocycles. The van der Waals surface area contributed by atoms with Gasteiger partial charge in [0.2, 0.25) is 11.8 Å². The first kappa shape index (κ1) is 22.3. The predicted octanol–water partition coefficient (Wildman–Crippen LogP) is 3.78. The number of benzene rings is 2. The highest BCUT2D eigenvalue weighted by atomic mass is 16.2. The van der Waals surface area contributed by atoms with Crippen LogP contribution in [-0.2, 0) is 9.59 Å². The number of amides is 3. The van der Waals surface area contributed by atoms with Crippen molar-refractivity contribution in [3.05, 3.63) is 54.1 Å². The van der Waals surface area contributed by atoms with E-state index in [1.54, 1.807) is 55.6 Å². The minimum Gasteiger partial charge on any atom is -0.376 e. The molecule has 0 radical (unpaired) electrons. The van der Waals surface area contributed by atoms with Gasteiger partial charge in [0.25, 0.3) is 5.91 Å². The van der Waals surface area contributed by atoms with E-state index in [9.17, 15) is 14.4 Å². The van der Waals surface area contributed by atoms with E-state index in [-0.39, 0.29) is 30.3 Å². The fourth-order valence-corrected chi connectivity index (χ4v) is 3.59. The Hall–Kier alpha value is -3.35. The second-order valence-electron chi connectivity index (χ2n) is 7.91. The van der Waals surface area contributed by atoms with Crippen molar-refractivity contribution in [2.45, 2.75) is 45.1 Å². The minimum absolute atomic E-state index is 0.0462. The number of carbonyl (C=O) groups excluding carboxylic acids is 3. The Morgan fingerprint density at radius 1 is 0.903 bits per heavy atom. The molecule has 7 heteroatoms. The lowest BCUT2D eigenvalue weighted by molar-refractivity contribution is -0.116. The van der Waals surface area contributed by atoms with Crippen molar-refractivity contribution in [3.8, 4) is 0 Å². The average molecular weight is 423 g/mol. The summed E-state index contributed by atoms with van der Waals surface area (Å²) in [5.74, 6) is -0.291. The van der Waals surface area contributed by atoms with Crippen molar-refractivity contribution >= 4 is 34.8 Å². The summed E-state index contributed by atoms with van der Waals surface area (Å²) in [7, 11) is 1.70. The van der Waals surface area contributed by atoms with Crippen molar-refractivity contribution in [1.82, 2.24) is 5.32 Å². The molecule has 0 aromatic heterocycles. The molecular weight excluding hydrogens is 392 g/mol. The molecule has 0 saturated heterocycles. The molecule has 3 N–H and O–H groups in total. The Balaban J connectivity index is 1.45. The fourth-order valence-electron chi connectivity index (χ4n) is 3.59. The Morgan fingerprint density at radius 3 is 2.13 bits per heavy atom. The molecule has 0 unspecified atom stereocenters. The summed E-state index contributed by atoms with van der Waals surface area (Å²) in [5, 5.41) is 8.98. The molecule has 164 valence electrons. The third-order valence-corrected chi connectivity index (χ3v) is 5.55. The van der Waals surface area contributed by atoms with Crippen molar-refractivity contribution in [1.29, 1.82) is 0 Å². The van der Waals surface area contributed by atoms with Gasteiger partial charge in [-0.3, -0.25) is 14.4 Å². The monoisotopic (exact) mass is 422 g/mol. The SMILES string of the molecule is CC(=O)N(C)c1ccc(NC(=O)CNc2ccc(C(=O)NC3CCCCC3)cc2)cc1. The Labute approximate surface area is 183 Å². The zero-order valence-electron chi connectivity index (χ0n) is 18.1. The molecule has 31 heavy (non-hydrogen) atoms. The van der Waals surface area contributed by atoms with Gasteiger partial charge in [0.05, 0.1) is 6.54 Å².